The fraction of sp³-hybridized carbons (Fsp3) is 0.500. The van der Waals surface area contributed by atoms with Crippen LogP contribution in [0, 0.1) is 5.82 Å². The average Bonchev–Trinajstić information content (AvgIpc) is 2.32. The highest BCUT2D eigenvalue weighted by Gasteiger charge is 2.34. The Morgan fingerprint density at radius 3 is 2.48 bits per heavy atom. The van der Waals surface area contributed by atoms with E-state index in [-0.39, 0.29) is 31.2 Å². The molecule has 0 radical (unpaired) electrons. The summed E-state index contributed by atoms with van der Waals surface area (Å²) in [6.07, 6.45) is -3.68. The predicted molar refractivity (Wildman–Crippen MR) is 69.5 cm³/mol. The maximum atomic E-state index is 13.0. The summed E-state index contributed by atoms with van der Waals surface area (Å²) in [4.78, 5) is 0. The van der Waals surface area contributed by atoms with Crippen molar-refractivity contribution in [3.05, 3.63) is 29.6 Å². The Labute approximate surface area is 120 Å². The lowest BCUT2D eigenvalue weighted by atomic mass is 10.2. The first-order valence-electron chi connectivity index (χ1n) is 5.97. The second-order valence-electron chi connectivity index (χ2n) is 4.37. The second kappa shape index (κ2) is 7.08. The van der Waals surface area contributed by atoms with E-state index in [0.29, 0.717) is 12.1 Å². The number of hydrogen-bond acceptors (Lipinski definition) is 4. The molecule has 0 aliphatic rings. The minimum atomic E-state index is -4.78. The van der Waals surface area contributed by atoms with E-state index >= 15 is 0 Å². The number of halogens is 4. The maximum absolute atomic E-state index is 13.0. The van der Waals surface area contributed by atoms with Gasteiger partial charge in [-0.25, -0.2) is 12.8 Å². The van der Waals surface area contributed by atoms with Gasteiger partial charge in [-0.2, -0.15) is 13.2 Å². The normalized spacial score (nSPS) is 12.4. The standard InChI is InChI=1S/C12H15F4NO3S/c1-21(18,19)7-5-17-4-6-20-9-2-3-11(13)10(8-9)12(14,15)16/h2-3,8,17H,4-7H2,1H3. The molecule has 21 heavy (non-hydrogen) atoms. The molecular formula is C12H15F4NO3S. The van der Waals surface area contributed by atoms with Gasteiger partial charge in [0.15, 0.2) is 0 Å². The van der Waals surface area contributed by atoms with Gasteiger partial charge in [-0.3, -0.25) is 0 Å². The van der Waals surface area contributed by atoms with Crippen LogP contribution in [-0.4, -0.2) is 40.1 Å². The Morgan fingerprint density at radius 1 is 1.24 bits per heavy atom. The third-order valence-electron chi connectivity index (χ3n) is 2.44. The van der Waals surface area contributed by atoms with Crippen LogP contribution in [0.15, 0.2) is 18.2 Å². The number of nitrogens with one attached hydrogen (secondary N) is 1. The minimum Gasteiger partial charge on any atom is -0.492 e. The molecule has 0 unspecified atom stereocenters. The molecule has 1 rings (SSSR count). The molecule has 120 valence electrons. The molecule has 0 atom stereocenters. The highest BCUT2D eigenvalue weighted by molar-refractivity contribution is 7.90. The van der Waals surface area contributed by atoms with E-state index in [0.717, 1.165) is 12.3 Å². The molecule has 1 aromatic carbocycles. The molecule has 0 aromatic heterocycles. The number of hydrogen-bond donors (Lipinski definition) is 1. The van der Waals surface area contributed by atoms with Crippen molar-refractivity contribution in [1.82, 2.24) is 5.32 Å². The maximum Gasteiger partial charge on any atom is 0.419 e. The average molecular weight is 329 g/mol. The van der Waals surface area contributed by atoms with Crippen LogP contribution in [0.25, 0.3) is 0 Å². The zero-order valence-electron chi connectivity index (χ0n) is 11.2. The topological polar surface area (TPSA) is 55.4 Å². The Bertz CT molecular complexity index is 572. The van der Waals surface area contributed by atoms with Crippen molar-refractivity contribution in [3.63, 3.8) is 0 Å². The lowest BCUT2D eigenvalue weighted by Crippen LogP contribution is -2.26. The minimum absolute atomic E-state index is 0.0344. The third kappa shape index (κ3) is 6.76. The van der Waals surface area contributed by atoms with Crippen molar-refractivity contribution in [2.24, 2.45) is 0 Å². The van der Waals surface area contributed by atoms with Gasteiger partial charge in [0.25, 0.3) is 0 Å². The molecule has 0 fully saturated rings. The predicted octanol–water partition coefficient (Wildman–Crippen LogP) is 1.86. The molecule has 0 aliphatic carbocycles. The summed E-state index contributed by atoms with van der Waals surface area (Å²) in [5.74, 6) is -1.50. The van der Waals surface area contributed by atoms with Gasteiger partial charge in [0.05, 0.1) is 11.3 Å². The molecule has 0 aliphatic heterocycles. The number of rotatable bonds is 7. The SMILES string of the molecule is CS(=O)(=O)CCNCCOc1ccc(F)c(C(F)(F)F)c1. The van der Waals surface area contributed by atoms with Crippen molar-refractivity contribution in [3.8, 4) is 5.75 Å². The number of ether oxygens (including phenoxy) is 1. The zero-order chi connectivity index (χ0) is 16.1. The van der Waals surface area contributed by atoms with Crippen molar-refractivity contribution in [1.29, 1.82) is 0 Å². The number of alkyl halides is 3. The summed E-state index contributed by atoms with van der Waals surface area (Å²) in [6, 6.07) is 2.38. The van der Waals surface area contributed by atoms with Gasteiger partial charge in [-0.15, -0.1) is 0 Å². The first kappa shape index (κ1) is 17.7. The van der Waals surface area contributed by atoms with Crippen LogP contribution in [0.5, 0.6) is 5.75 Å². The third-order valence-corrected chi connectivity index (χ3v) is 3.39. The Morgan fingerprint density at radius 2 is 1.90 bits per heavy atom. The summed E-state index contributed by atoms with van der Waals surface area (Å²) in [7, 11) is -3.06. The monoisotopic (exact) mass is 329 g/mol. The lowest BCUT2D eigenvalue weighted by molar-refractivity contribution is -0.140. The quantitative estimate of drug-likeness (QED) is 0.613. The summed E-state index contributed by atoms with van der Waals surface area (Å²) < 4.78 is 77.1. The molecule has 0 bridgehead atoms. The molecule has 1 N–H and O–H groups in total. The van der Waals surface area contributed by atoms with Crippen LogP contribution in [0.4, 0.5) is 17.6 Å². The van der Waals surface area contributed by atoms with E-state index in [9.17, 15) is 26.0 Å². The summed E-state index contributed by atoms with van der Waals surface area (Å²) in [6.45, 7) is 0.514. The molecule has 4 nitrogen and oxygen atoms in total. The highest BCUT2D eigenvalue weighted by Crippen LogP contribution is 2.33. The van der Waals surface area contributed by atoms with Gasteiger partial charge >= 0.3 is 6.18 Å². The van der Waals surface area contributed by atoms with Crippen molar-refractivity contribution >= 4 is 9.84 Å². The smallest absolute Gasteiger partial charge is 0.419 e. The number of benzene rings is 1. The summed E-state index contributed by atoms with van der Waals surface area (Å²) in [5, 5.41) is 2.77. The van der Waals surface area contributed by atoms with Crippen LogP contribution < -0.4 is 10.1 Å². The molecule has 9 heteroatoms. The van der Waals surface area contributed by atoms with Crippen molar-refractivity contribution < 1.29 is 30.7 Å². The number of sulfone groups is 1. The van der Waals surface area contributed by atoms with Gasteiger partial charge in [0.1, 0.15) is 28.0 Å². The lowest BCUT2D eigenvalue weighted by Gasteiger charge is -2.11. The fourth-order valence-corrected chi connectivity index (χ4v) is 1.95. The molecule has 0 saturated carbocycles. The molecule has 1 aromatic rings. The Hall–Kier alpha value is -1.35. The second-order valence-corrected chi connectivity index (χ2v) is 6.63. The molecule has 0 spiro atoms. The van der Waals surface area contributed by atoms with Gasteiger partial charge in [0, 0.05) is 19.3 Å². The molecule has 0 amide bonds. The van der Waals surface area contributed by atoms with Crippen LogP contribution in [0.1, 0.15) is 5.56 Å². The van der Waals surface area contributed by atoms with Crippen molar-refractivity contribution in [2.75, 3.05) is 31.7 Å². The van der Waals surface area contributed by atoms with E-state index < -0.39 is 27.4 Å². The van der Waals surface area contributed by atoms with E-state index in [2.05, 4.69) is 5.32 Å². The van der Waals surface area contributed by atoms with Gasteiger partial charge in [0.2, 0.25) is 0 Å². The molecule has 0 heterocycles. The molecule has 0 saturated heterocycles. The fourth-order valence-electron chi connectivity index (χ4n) is 1.44. The largest absolute Gasteiger partial charge is 0.492 e. The van der Waals surface area contributed by atoms with Crippen LogP contribution in [-0.2, 0) is 16.0 Å². The summed E-state index contributed by atoms with van der Waals surface area (Å²) in [5.41, 5.74) is -1.38. The highest BCUT2D eigenvalue weighted by atomic mass is 32.2. The van der Waals surface area contributed by atoms with E-state index in [1.54, 1.807) is 0 Å². The van der Waals surface area contributed by atoms with E-state index in [1.165, 1.54) is 0 Å². The van der Waals surface area contributed by atoms with Gasteiger partial charge < -0.3 is 10.1 Å². The van der Waals surface area contributed by atoms with Crippen LogP contribution in [0.2, 0.25) is 0 Å². The van der Waals surface area contributed by atoms with E-state index in [1.807, 2.05) is 0 Å². The Balaban J connectivity index is 2.43. The van der Waals surface area contributed by atoms with Crippen LogP contribution >= 0.6 is 0 Å². The van der Waals surface area contributed by atoms with Gasteiger partial charge in [-0.1, -0.05) is 0 Å². The first-order valence-corrected chi connectivity index (χ1v) is 8.03. The van der Waals surface area contributed by atoms with Crippen molar-refractivity contribution in [2.45, 2.75) is 6.18 Å². The summed E-state index contributed by atoms with van der Waals surface area (Å²) >= 11 is 0. The zero-order valence-corrected chi connectivity index (χ0v) is 12.0. The van der Waals surface area contributed by atoms with Gasteiger partial charge in [-0.05, 0) is 18.2 Å². The van der Waals surface area contributed by atoms with E-state index in [4.69, 9.17) is 4.74 Å². The molecular weight excluding hydrogens is 314 g/mol. The van der Waals surface area contributed by atoms with Crippen LogP contribution in [0.3, 0.4) is 0 Å². The first-order chi connectivity index (χ1) is 9.59. The Kier molecular flexibility index (Phi) is 5.97.